The van der Waals surface area contributed by atoms with Crippen LogP contribution in [0.2, 0.25) is 0 Å². The molecular weight excluding hydrogens is 282 g/mol. The third-order valence-corrected chi connectivity index (χ3v) is 4.32. The Morgan fingerprint density at radius 1 is 1.47 bits per heavy atom. The molecule has 0 saturated heterocycles. The van der Waals surface area contributed by atoms with Crippen LogP contribution in [0.5, 0.6) is 0 Å². The van der Waals surface area contributed by atoms with Gasteiger partial charge in [0.1, 0.15) is 5.01 Å². The monoisotopic (exact) mass is 293 g/mol. The predicted octanol–water partition coefficient (Wildman–Crippen LogP) is 1.41. The second-order valence-corrected chi connectivity index (χ2v) is 6.04. The van der Waals surface area contributed by atoms with Gasteiger partial charge < -0.3 is 5.32 Å². The Kier molecular flexibility index (Phi) is 3.26. The number of rotatable bonds is 4. The lowest BCUT2D eigenvalue weighted by atomic mass is 10.3. The van der Waals surface area contributed by atoms with Crippen molar-refractivity contribution in [3.8, 4) is 0 Å². The van der Waals surface area contributed by atoms with Crippen LogP contribution in [0, 0.1) is 6.92 Å². The van der Waals surface area contributed by atoms with E-state index >= 15 is 0 Å². The molecule has 0 spiro atoms. The summed E-state index contributed by atoms with van der Waals surface area (Å²) in [6, 6.07) is 3.90. The van der Waals surface area contributed by atoms with Crippen LogP contribution in [0.1, 0.15) is 15.7 Å². The molecule has 0 fully saturated rings. The lowest BCUT2D eigenvalue weighted by Gasteiger charge is -2.00. The van der Waals surface area contributed by atoms with Gasteiger partial charge in [-0.25, -0.2) is 0 Å². The summed E-state index contributed by atoms with van der Waals surface area (Å²) >= 11 is 3.02. The molecule has 0 saturated carbocycles. The van der Waals surface area contributed by atoms with E-state index in [1.165, 1.54) is 11.3 Å². The van der Waals surface area contributed by atoms with Crippen LogP contribution in [0.15, 0.2) is 17.5 Å². The normalized spacial score (nSPS) is 11.0. The van der Waals surface area contributed by atoms with Crippen molar-refractivity contribution in [2.75, 3.05) is 0 Å². The van der Waals surface area contributed by atoms with Gasteiger partial charge in [-0.3, -0.25) is 4.79 Å². The van der Waals surface area contributed by atoms with Crippen molar-refractivity contribution < 1.29 is 4.79 Å². The minimum Gasteiger partial charge on any atom is -0.349 e. The molecule has 0 aliphatic carbocycles. The first-order valence-electron chi connectivity index (χ1n) is 5.69. The number of fused-ring (bicyclic) bond motifs is 1. The Morgan fingerprint density at radius 2 is 2.37 bits per heavy atom. The number of carbonyl (C=O) groups excluding carboxylic acids is 1. The van der Waals surface area contributed by atoms with Gasteiger partial charge in [0.25, 0.3) is 0 Å². The summed E-state index contributed by atoms with van der Waals surface area (Å²) in [7, 11) is 0. The molecule has 0 aliphatic rings. The van der Waals surface area contributed by atoms with Gasteiger partial charge in [-0.2, -0.15) is 9.61 Å². The van der Waals surface area contributed by atoms with E-state index in [1.807, 2.05) is 24.4 Å². The topological polar surface area (TPSA) is 72.2 Å². The molecule has 3 aromatic heterocycles. The van der Waals surface area contributed by atoms with Gasteiger partial charge in [-0.05, 0) is 18.4 Å². The SMILES string of the molecule is Cc1nnc2sc(CNC(=O)Cc3cccs3)nn12. The van der Waals surface area contributed by atoms with Crippen LogP contribution in [0.25, 0.3) is 4.96 Å². The molecule has 0 atom stereocenters. The maximum atomic E-state index is 11.7. The molecule has 1 amide bonds. The Labute approximate surface area is 117 Å². The van der Waals surface area contributed by atoms with Gasteiger partial charge in [-0.1, -0.05) is 17.4 Å². The number of carbonyl (C=O) groups is 1. The molecule has 1 N–H and O–H groups in total. The number of nitrogens with one attached hydrogen (secondary N) is 1. The molecule has 19 heavy (non-hydrogen) atoms. The third kappa shape index (κ3) is 2.64. The zero-order valence-corrected chi connectivity index (χ0v) is 11.8. The standard InChI is InChI=1S/C11H11N5OS2/c1-7-13-14-11-16(7)15-10(19-11)6-12-9(17)5-8-3-2-4-18-8/h2-4H,5-6H2,1H3,(H,12,17). The molecule has 6 nitrogen and oxygen atoms in total. The molecule has 98 valence electrons. The molecule has 0 bridgehead atoms. The molecule has 3 rings (SSSR count). The Hall–Kier alpha value is -1.80. The Bertz CT molecular complexity index is 700. The van der Waals surface area contributed by atoms with Crippen LogP contribution in [-0.2, 0) is 17.8 Å². The van der Waals surface area contributed by atoms with E-state index in [-0.39, 0.29) is 5.91 Å². The van der Waals surface area contributed by atoms with Crippen LogP contribution in [0.4, 0.5) is 0 Å². The first kappa shape index (κ1) is 12.2. The van der Waals surface area contributed by atoms with Gasteiger partial charge >= 0.3 is 0 Å². The number of aromatic nitrogens is 4. The van der Waals surface area contributed by atoms with E-state index < -0.39 is 0 Å². The summed E-state index contributed by atoms with van der Waals surface area (Å²) < 4.78 is 1.69. The fourth-order valence-electron chi connectivity index (χ4n) is 1.63. The molecule has 8 heteroatoms. The van der Waals surface area contributed by atoms with Crippen molar-refractivity contribution in [1.29, 1.82) is 0 Å². The molecule has 0 unspecified atom stereocenters. The van der Waals surface area contributed by atoms with Crippen molar-refractivity contribution in [2.45, 2.75) is 19.9 Å². The summed E-state index contributed by atoms with van der Waals surface area (Å²) in [5.74, 6) is 0.757. The lowest BCUT2D eigenvalue weighted by Crippen LogP contribution is -2.24. The first-order chi connectivity index (χ1) is 9.22. The van der Waals surface area contributed by atoms with Crippen molar-refractivity contribution in [2.24, 2.45) is 0 Å². The predicted molar refractivity (Wildman–Crippen MR) is 73.3 cm³/mol. The van der Waals surface area contributed by atoms with E-state index in [9.17, 15) is 4.79 Å². The zero-order valence-electron chi connectivity index (χ0n) is 10.2. The average Bonchev–Trinajstić information content (AvgIpc) is 3.07. The van der Waals surface area contributed by atoms with Crippen molar-refractivity contribution in [3.63, 3.8) is 0 Å². The maximum absolute atomic E-state index is 11.7. The molecule has 0 radical (unpaired) electrons. The number of nitrogens with zero attached hydrogens (tertiary/aromatic N) is 4. The number of hydrogen-bond acceptors (Lipinski definition) is 6. The third-order valence-electron chi connectivity index (χ3n) is 2.54. The van der Waals surface area contributed by atoms with Crippen molar-refractivity contribution in [3.05, 3.63) is 33.2 Å². The second kappa shape index (κ2) is 5.06. The van der Waals surface area contributed by atoms with Gasteiger partial charge in [-0.15, -0.1) is 21.5 Å². The lowest BCUT2D eigenvalue weighted by molar-refractivity contribution is -0.120. The van der Waals surface area contributed by atoms with Crippen molar-refractivity contribution in [1.82, 2.24) is 25.1 Å². The summed E-state index contributed by atoms with van der Waals surface area (Å²) in [5, 5.41) is 17.9. The van der Waals surface area contributed by atoms with E-state index in [0.717, 1.165) is 20.7 Å². The van der Waals surface area contributed by atoms with Gasteiger partial charge in [0.05, 0.1) is 13.0 Å². The fraction of sp³-hybridized carbons (Fsp3) is 0.273. The zero-order chi connectivity index (χ0) is 13.2. The largest absolute Gasteiger partial charge is 0.349 e. The fourth-order valence-corrected chi connectivity index (χ4v) is 3.16. The molecule has 0 aromatic carbocycles. The highest BCUT2D eigenvalue weighted by atomic mass is 32.1. The number of amides is 1. The average molecular weight is 293 g/mol. The first-order valence-corrected chi connectivity index (χ1v) is 7.39. The highest BCUT2D eigenvalue weighted by Crippen LogP contribution is 2.13. The highest BCUT2D eigenvalue weighted by molar-refractivity contribution is 7.16. The highest BCUT2D eigenvalue weighted by Gasteiger charge is 2.10. The van der Waals surface area contributed by atoms with Gasteiger partial charge in [0.2, 0.25) is 10.9 Å². The van der Waals surface area contributed by atoms with Crippen molar-refractivity contribution >= 4 is 33.5 Å². The summed E-state index contributed by atoms with van der Waals surface area (Å²) in [6.45, 7) is 2.27. The number of aryl methyl sites for hydroxylation is 1. The number of thiophene rings is 1. The number of hydrogen-bond donors (Lipinski definition) is 1. The quantitative estimate of drug-likeness (QED) is 0.789. The Balaban J connectivity index is 1.60. The molecular formula is C11H11N5OS2. The minimum atomic E-state index is 0.00476. The minimum absolute atomic E-state index is 0.00476. The van der Waals surface area contributed by atoms with Crippen LogP contribution in [0.3, 0.4) is 0 Å². The summed E-state index contributed by atoms with van der Waals surface area (Å²) in [5.41, 5.74) is 0. The van der Waals surface area contributed by atoms with Gasteiger partial charge in [0, 0.05) is 4.88 Å². The van der Waals surface area contributed by atoms with E-state index in [0.29, 0.717) is 13.0 Å². The summed E-state index contributed by atoms with van der Waals surface area (Å²) in [6.07, 6.45) is 0.417. The molecule has 3 heterocycles. The Morgan fingerprint density at radius 3 is 3.11 bits per heavy atom. The smallest absolute Gasteiger partial charge is 0.234 e. The van der Waals surface area contributed by atoms with Crippen LogP contribution < -0.4 is 5.32 Å². The second-order valence-electron chi connectivity index (χ2n) is 3.97. The van der Waals surface area contributed by atoms with E-state index in [4.69, 9.17) is 0 Å². The van der Waals surface area contributed by atoms with Crippen LogP contribution in [-0.4, -0.2) is 25.7 Å². The van der Waals surface area contributed by atoms with E-state index in [2.05, 4.69) is 20.6 Å². The van der Waals surface area contributed by atoms with E-state index in [1.54, 1.807) is 15.9 Å². The maximum Gasteiger partial charge on any atom is 0.234 e. The van der Waals surface area contributed by atoms with Crippen LogP contribution >= 0.6 is 22.7 Å². The van der Waals surface area contributed by atoms with Gasteiger partial charge in [0.15, 0.2) is 5.82 Å². The summed E-state index contributed by atoms with van der Waals surface area (Å²) in [4.78, 5) is 13.6. The molecule has 3 aromatic rings. The molecule has 0 aliphatic heterocycles.